The second kappa shape index (κ2) is 8.98. The molecule has 3 N–H and O–H groups in total. The van der Waals surface area contributed by atoms with Gasteiger partial charge in [0, 0.05) is 22.3 Å². The lowest BCUT2D eigenvalue weighted by molar-refractivity contribution is 0.0941. The molecule has 8 heteroatoms. The van der Waals surface area contributed by atoms with Crippen molar-refractivity contribution in [2.75, 3.05) is 5.32 Å². The van der Waals surface area contributed by atoms with Gasteiger partial charge < -0.3 is 10.6 Å². The second-order valence-electron chi connectivity index (χ2n) is 5.74. The number of rotatable bonds is 4. The fourth-order valence-corrected chi connectivity index (χ4v) is 2.79. The number of carbonyl (C=O) groups excluding carboxylic acids is 2. The molecule has 0 saturated heterocycles. The number of hydrogen-bond donors (Lipinski definition) is 3. The van der Waals surface area contributed by atoms with Crippen LogP contribution in [0.3, 0.4) is 0 Å². The molecule has 0 spiro atoms. The van der Waals surface area contributed by atoms with Gasteiger partial charge in [0.25, 0.3) is 11.8 Å². The van der Waals surface area contributed by atoms with Crippen LogP contribution in [0.25, 0.3) is 0 Å². The lowest BCUT2D eigenvalue weighted by atomic mass is 10.2. The Morgan fingerprint density at radius 1 is 1.04 bits per heavy atom. The van der Waals surface area contributed by atoms with Crippen molar-refractivity contribution >= 4 is 58.0 Å². The highest BCUT2D eigenvalue weighted by atomic mass is 35.5. The maximum atomic E-state index is 12.2. The molecule has 26 heavy (non-hydrogen) atoms. The lowest BCUT2D eigenvalue weighted by Crippen LogP contribution is -2.34. The summed E-state index contributed by atoms with van der Waals surface area (Å²) in [4.78, 5) is 24.3. The first kappa shape index (κ1) is 20.2. The molecule has 0 unspecified atom stereocenters. The van der Waals surface area contributed by atoms with Gasteiger partial charge in [0.05, 0.1) is 10.6 Å². The minimum absolute atomic E-state index is 0.0311. The van der Waals surface area contributed by atoms with E-state index in [1.165, 1.54) is 12.1 Å². The van der Waals surface area contributed by atoms with Crippen molar-refractivity contribution in [1.29, 1.82) is 0 Å². The molecule has 0 fully saturated rings. The topological polar surface area (TPSA) is 70.2 Å². The Bertz CT molecular complexity index is 856. The van der Waals surface area contributed by atoms with E-state index >= 15 is 0 Å². The van der Waals surface area contributed by atoms with Crippen LogP contribution in [-0.4, -0.2) is 23.0 Å². The molecule has 0 saturated carbocycles. The van der Waals surface area contributed by atoms with Crippen LogP contribution in [0.15, 0.2) is 42.5 Å². The zero-order chi connectivity index (χ0) is 19.3. The summed E-state index contributed by atoms with van der Waals surface area (Å²) in [5.74, 6) is -0.649. The molecular formula is C18H17Cl2N3O2S. The van der Waals surface area contributed by atoms with Crippen molar-refractivity contribution in [1.82, 2.24) is 10.6 Å². The van der Waals surface area contributed by atoms with Crippen molar-refractivity contribution in [3.63, 3.8) is 0 Å². The fourth-order valence-electron chi connectivity index (χ4n) is 2.09. The average molecular weight is 410 g/mol. The first-order valence-corrected chi connectivity index (χ1v) is 8.91. The quantitative estimate of drug-likeness (QED) is 0.659. The summed E-state index contributed by atoms with van der Waals surface area (Å²) in [7, 11) is 0. The van der Waals surface area contributed by atoms with Crippen LogP contribution in [-0.2, 0) is 0 Å². The number of benzene rings is 2. The molecule has 0 atom stereocenters. The van der Waals surface area contributed by atoms with E-state index in [0.717, 1.165) is 0 Å². The number of halogens is 2. The monoisotopic (exact) mass is 409 g/mol. The van der Waals surface area contributed by atoms with Crippen LogP contribution < -0.4 is 16.0 Å². The Balaban J connectivity index is 2.03. The minimum Gasteiger partial charge on any atom is -0.350 e. The Hall–Kier alpha value is -2.15. The normalized spacial score (nSPS) is 10.3. The number of carbonyl (C=O) groups is 2. The predicted octanol–water partition coefficient (Wildman–Crippen LogP) is 4.26. The summed E-state index contributed by atoms with van der Waals surface area (Å²) in [6.45, 7) is 3.76. The Morgan fingerprint density at radius 2 is 1.77 bits per heavy atom. The molecule has 5 nitrogen and oxygen atoms in total. The van der Waals surface area contributed by atoms with Gasteiger partial charge in [-0.1, -0.05) is 29.3 Å². The van der Waals surface area contributed by atoms with Gasteiger partial charge in [0.1, 0.15) is 0 Å². The number of amides is 2. The third-order valence-electron chi connectivity index (χ3n) is 3.21. The van der Waals surface area contributed by atoms with E-state index in [2.05, 4.69) is 16.0 Å². The molecule has 2 amide bonds. The number of nitrogens with one attached hydrogen (secondary N) is 3. The Morgan fingerprint density at radius 3 is 2.42 bits per heavy atom. The minimum atomic E-state index is -0.460. The largest absolute Gasteiger partial charge is 0.350 e. The molecule has 0 aliphatic carbocycles. The molecule has 0 heterocycles. The molecular weight excluding hydrogens is 393 g/mol. The summed E-state index contributed by atoms with van der Waals surface area (Å²) in [6, 6.07) is 11.4. The highest BCUT2D eigenvalue weighted by molar-refractivity contribution is 7.80. The Labute approximate surface area is 167 Å². The van der Waals surface area contributed by atoms with E-state index in [0.29, 0.717) is 16.3 Å². The van der Waals surface area contributed by atoms with Crippen molar-refractivity contribution < 1.29 is 9.59 Å². The molecule has 2 rings (SSSR count). The maximum Gasteiger partial charge on any atom is 0.258 e. The molecule has 0 aliphatic heterocycles. The molecule has 0 bridgehead atoms. The zero-order valence-electron chi connectivity index (χ0n) is 14.1. The molecule has 0 radical (unpaired) electrons. The Kier molecular flexibility index (Phi) is 6.97. The van der Waals surface area contributed by atoms with Crippen LogP contribution in [0.1, 0.15) is 34.6 Å². The molecule has 2 aromatic rings. The highest BCUT2D eigenvalue weighted by Crippen LogP contribution is 2.21. The van der Waals surface area contributed by atoms with Crippen molar-refractivity contribution in [2.45, 2.75) is 19.9 Å². The van der Waals surface area contributed by atoms with Crippen LogP contribution in [0, 0.1) is 0 Å². The third-order valence-corrected chi connectivity index (χ3v) is 3.96. The van der Waals surface area contributed by atoms with Gasteiger partial charge in [-0.15, -0.1) is 0 Å². The summed E-state index contributed by atoms with van der Waals surface area (Å²) >= 11 is 17.0. The van der Waals surface area contributed by atoms with E-state index in [9.17, 15) is 9.59 Å². The average Bonchev–Trinajstić information content (AvgIpc) is 2.54. The van der Waals surface area contributed by atoms with E-state index in [1.807, 2.05) is 13.8 Å². The van der Waals surface area contributed by atoms with E-state index in [1.54, 1.807) is 30.3 Å². The highest BCUT2D eigenvalue weighted by Gasteiger charge is 2.13. The molecule has 0 aliphatic rings. The molecule has 136 valence electrons. The van der Waals surface area contributed by atoms with Gasteiger partial charge >= 0.3 is 0 Å². The van der Waals surface area contributed by atoms with E-state index in [-0.39, 0.29) is 27.6 Å². The summed E-state index contributed by atoms with van der Waals surface area (Å²) in [5.41, 5.74) is 1.32. The van der Waals surface area contributed by atoms with Gasteiger partial charge in [-0.05, 0) is 62.5 Å². The second-order valence-corrected chi connectivity index (χ2v) is 6.99. The van der Waals surface area contributed by atoms with Gasteiger partial charge in [-0.3, -0.25) is 14.9 Å². The molecule has 2 aromatic carbocycles. The van der Waals surface area contributed by atoms with Gasteiger partial charge in [-0.25, -0.2) is 0 Å². The predicted molar refractivity (Wildman–Crippen MR) is 109 cm³/mol. The van der Waals surface area contributed by atoms with Crippen LogP contribution >= 0.6 is 35.4 Å². The van der Waals surface area contributed by atoms with E-state index in [4.69, 9.17) is 35.4 Å². The summed E-state index contributed by atoms with van der Waals surface area (Å²) in [5, 5.41) is 8.97. The maximum absolute atomic E-state index is 12.2. The number of anilines is 1. The molecule has 0 aromatic heterocycles. The van der Waals surface area contributed by atoms with Crippen LogP contribution in [0.4, 0.5) is 5.69 Å². The van der Waals surface area contributed by atoms with E-state index < -0.39 is 5.91 Å². The lowest BCUT2D eigenvalue weighted by Gasteiger charge is -2.12. The first-order chi connectivity index (χ1) is 12.3. The number of hydrogen-bond acceptors (Lipinski definition) is 3. The van der Waals surface area contributed by atoms with Crippen molar-refractivity contribution in [3.8, 4) is 0 Å². The van der Waals surface area contributed by atoms with Gasteiger partial charge in [0.2, 0.25) is 0 Å². The zero-order valence-corrected chi connectivity index (χ0v) is 16.4. The van der Waals surface area contributed by atoms with Crippen molar-refractivity contribution in [2.24, 2.45) is 0 Å². The van der Waals surface area contributed by atoms with Gasteiger partial charge in [0.15, 0.2) is 5.11 Å². The number of thiocarbonyl (C=S) groups is 1. The summed E-state index contributed by atoms with van der Waals surface area (Å²) in [6.07, 6.45) is 0. The standard InChI is InChI=1S/C18H17Cl2N3O2S/c1-10(2)21-16(24)11-4-3-5-13(8-11)22-18(26)23-17(25)14-7-6-12(19)9-15(14)20/h3-10H,1-2H3,(H,21,24)(H2,22,23,25,26). The summed E-state index contributed by atoms with van der Waals surface area (Å²) < 4.78 is 0. The van der Waals surface area contributed by atoms with Gasteiger partial charge in [-0.2, -0.15) is 0 Å². The SMILES string of the molecule is CC(C)NC(=O)c1cccc(NC(=S)NC(=O)c2ccc(Cl)cc2Cl)c1. The smallest absolute Gasteiger partial charge is 0.258 e. The van der Waals surface area contributed by atoms with Crippen LogP contribution in [0.2, 0.25) is 10.0 Å². The van der Waals surface area contributed by atoms with Crippen LogP contribution in [0.5, 0.6) is 0 Å². The third kappa shape index (κ3) is 5.69. The first-order valence-electron chi connectivity index (χ1n) is 7.74. The fraction of sp³-hybridized carbons (Fsp3) is 0.167. The van der Waals surface area contributed by atoms with Crippen molar-refractivity contribution in [3.05, 3.63) is 63.6 Å².